The summed E-state index contributed by atoms with van der Waals surface area (Å²) in [6, 6.07) is 13.2. The first-order chi connectivity index (χ1) is 14.4. The van der Waals surface area contributed by atoms with Gasteiger partial charge in [0.1, 0.15) is 10.8 Å². The minimum Gasteiger partial charge on any atom is -0.495 e. The molecule has 0 saturated carbocycles. The number of benzene rings is 2. The van der Waals surface area contributed by atoms with E-state index in [1.807, 2.05) is 23.6 Å². The van der Waals surface area contributed by atoms with Crippen LogP contribution < -0.4 is 9.64 Å². The van der Waals surface area contributed by atoms with Crippen LogP contribution in [0.15, 0.2) is 53.9 Å². The van der Waals surface area contributed by atoms with Gasteiger partial charge < -0.3 is 9.64 Å². The average Bonchev–Trinajstić information content (AvgIpc) is 3.22. The molecule has 1 aromatic heterocycles. The summed E-state index contributed by atoms with van der Waals surface area (Å²) in [4.78, 5) is 9.30. The monoisotopic (exact) mass is 433 g/mol. The van der Waals surface area contributed by atoms with Gasteiger partial charge >= 0.3 is 6.18 Å². The van der Waals surface area contributed by atoms with Crippen LogP contribution in [0.2, 0.25) is 0 Å². The Morgan fingerprint density at radius 1 is 1.00 bits per heavy atom. The highest BCUT2D eigenvalue weighted by Gasteiger charge is 2.30. The van der Waals surface area contributed by atoms with E-state index >= 15 is 0 Å². The molecule has 3 aromatic rings. The number of nitrogens with zero attached hydrogens (tertiary/aromatic N) is 3. The molecule has 0 amide bonds. The molecule has 0 unspecified atom stereocenters. The summed E-state index contributed by atoms with van der Waals surface area (Å²) in [6.07, 6.45) is -4.32. The van der Waals surface area contributed by atoms with Crippen LogP contribution in [0.1, 0.15) is 11.3 Å². The highest BCUT2D eigenvalue weighted by atomic mass is 32.1. The van der Waals surface area contributed by atoms with E-state index in [4.69, 9.17) is 4.74 Å². The maximum Gasteiger partial charge on any atom is 0.416 e. The molecule has 0 radical (unpaired) electrons. The number of rotatable bonds is 5. The summed E-state index contributed by atoms with van der Waals surface area (Å²) in [5.74, 6) is 0.881. The molecule has 1 fully saturated rings. The van der Waals surface area contributed by atoms with E-state index < -0.39 is 11.7 Å². The van der Waals surface area contributed by atoms with Crippen LogP contribution in [0.3, 0.4) is 0 Å². The van der Waals surface area contributed by atoms with E-state index in [-0.39, 0.29) is 0 Å². The summed E-state index contributed by atoms with van der Waals surface area (Å²) in [5, 5.41) is 2.73. The summed E-state index contributed by atoms with van der Waals surface area (Å²) in [6.45, 7) is 4.35. The van der Waals surface area contributed by atoms with Gasteiger partial charge in [-0.2, -0.15) is 13.2 Å². The molecule has 0 spiro atoms. The summed E-state index contributed by atoms with van der Waals surface area (Å²) in [7, 11) is 1.69. The highest BCUT2D eigenvalue weighted by Crippen LogP contribution is 2.32. The lowest BCUT2D eigenvalue weighted by molar-refractivity contribution is -0.137. The quantitative estimate of drug-likeness (QED) is 0.556. The molecule has 2 aromatic carbocycles. The minimum absolute atomic E-state index is 0.643. The molecule has 4 rings (SSSR count). The van der Waals surface area contributed by atoms with Crippen molar-refractivity contribution < 1.29 is 17.9 Å². The molecule has 8 heteroatoms. The van der Waals surface area contributed by atoms with Crippen LogP contribution in [0, 0.1) is 0 Å². The van der Waals surface area contributed by atoms with Crippen molar-refractivity contribution >= 4 is 17.0 Å². The first kappa shape index (κ1) is 20.7. The Kier molecular flexibility index (Phi) is 5.97. The van der Waals surface area contributed by atoms with E-state index in [1.54, 1.807) is 7.11 Å². The lowest BCUT2D eigenvalue weighted by Crippen LogP contribution is -2.46. The molecule has 0 atom stereocenters. The van der Waals surface area contributed by atoms with E-state index in [9.17, 15) is 13.2 Å². The third-order valence-corrected chi connectivity index (χ3v) is 6.13. The first-order valence-electron chi connectivity index (χ1n) is 9.66. The molecular weight excluding hydrogens is 411 g/mol. The van der Waals surface area contributed by atoms with Crippen molar-refractivity contribution in [1.29, 1.82) is 0 Å². The Hall–Kier alpha value is -2.58. The zero-order chi connectivity index (χ0) is 21.1. The van der Waals surface area contributed by atoms with Crippen LogP contribution in [-0.2, 0) is 12.7 Å². The van der Waals surface area contributed by atoms with Crippen molar-refractivity contribution in [2.45, 2.75) is 12.7 Å². The number of piperazine rings is 1. The number of hydrogen-bond acceptors (Lipinski definition) is 5. The third-order valence-electron chi connectivity index (χ3n) is 5.19. The fraction of sp³-hybridized carbons (Fsp3) is 0.318. The van der Waals surface area contributed by atoms with Crippen molar-refractivity contribution in [3.8, 4) is 16.3 Å². The van der Waals surface area contributed by atoms with Crippen LogP contribution in [0.25, 0.3) is 10.6 Å². The number of hydrogen-bond donors (Lipinski definition) is 0. The van der Waals surface area contributed by atoms with Gasteiger partial charge in [-0.3, -0.25) is 4.90 Å². The molecule has 4 nitrogen and oxygen atoms in total. The zero-order valence-electron chi connectivity index (χ0n) is 16.5. The molecule has 0 bridgehead atoms. The first-order valence-corrected chi connectivity index (χ1v) is 10.5. The summed E-state index contributed by atoms with van der Waals surface area (Å²) < 4.78 is 43.7. The maximum absolute atomic E-state index is 12.7. The van der Waals surface area contributed by atoms with Crippen LogP contribution in [-0.4, -0.2) is 43.2 Å². The number of para-hydroxylation sites is 2. The van der Waals surface area contributed by atoms with Gasteiger partial charge in [0.25, 0.3) is 0 Å². The van der Waals surface area contributed by atoms with Gasteiger partial charge in [0.2, 0.25) is 0 Å². The summed E-state index contributed by atoms with van der Waals surface area (Å²) >= 11 is 1.46. The Balaban J connectivity index is 1.36. The highest BCUT2D eigenvalue weighted by molar-refractivity contribution is 7.13. The molecule has 30 heavy (non-hydrogen) atoms. The number of aromatic nitrogens is 1. The molecule has 158 valence electrons. The predicted molar refractivity (Wildman–Crippen MR) is 113 cm³/mol. The predicted octanol–water partition coefficient (Wildman–Crippen LogP) is 5.16. The standard InChI is InChI=1S/C22H22F3N3OS/c1-29-20-5-3-2-4-19(20)28-12-10-27(11-13-28)14-18-15-30-21(26-18)16-6-8-17(9-7-16)22(23,24)25/h2-9,15H,10-14H2,1H3. The number of halogens is 3. The SMILES string of the molecule is COc1ccccc1N1CCN(Cc2csc(-c3ccc(C(F)(F)F)cc3)n2)CC1. The molecular formula is C22H22F3N3OS. The molecule has 0 N–H and O–H groups in total. The largest absolute Gasteiger partial charge is 0.495 e. The van der Waals surface area contributed by atoms with Gasteiger partial charge in [0.15, 0.2) is 0 Å². The smallest absolute Gasteiger partial charge is 0.416 e. The second-order valence-corrected chi connectivity index (χ2v) is 8.01. The number of ether oxygens (including phenoxy) is 1. The van der Waals surface area contributed by atoms with E-state index in [0.717, 1.165) is 67.0 Å². The van der Waals surface area contributed by atoms with Gasteiger partial charge in [0.05, 0.1) is 24.1 Å². The molecule has 2 heterocycles. The fourth-order valence-electron chi connectivity index (χ4n) is 3.58. The molecule has 1 aliphatic rings. The number of methoxy groups -OCH3 is 1. The van der Waals surface area contributed by atoms with Crippen molar-refractivity contribution in [1.82, 2.24) is 9.88 Å². The Morgan fingerprint density at radius 2 is 1.70 bits per heavy atom. The number of alkyl halides is 3. The van der Waals surface area contributed by atoms with Gasteiger partial charge in [-0.15, -0.1) is 11.3 Å². The van der Waals surface area contributed by atoms with Gasteiger partial charge in [-0.1, -0.05) is 24.3 Å². The van der Waals surface area contributed by atoms with Crippen LogP contribution in [0.5, 0.6) is 5.75 Å². The Bertz CT molecular complexity index is 980. The van der Waals surface area contributed by atoms with E-state index in [2.05, 4.69) is 20.9 Å². The topological polar surface area (TPSA) is 28.6 Å². The van der Waals surface area contributed by atoms with Crippen molar-refractivity contribution in [2.24, 2.45) is 0 Å². The summed E-state index contributed by atoms with van der Waals surface area (Å²) in [5.41, 5.74) is 2.12. The van der Waals surface area contributed by atoms with Crippen LogP contribution in [0.4, 0.5) is 18.9 Å². The lowest BCUT2D eigenvalue weighted by atomic mass is 10.1. The van der Waals surface area contributed by atoms with E-state index in [1.165, 1.54) is 23.5 Å². The van der Waals surface area contributed by atoms with Crippen LogP contribution >= 0.6 is 11.3 Å². The molecule has 1 saturated heterocycles. The van der Waals surface area contributed by atoms with E-state index in [0.29, 0.717) is 5.56 Å². The lowest BCUT2D eigenvalue weighted by Gasteiger charge is -2.36. The number of anilines is 1. The third kappa shape index (κ3) is 4.60. The average molecular weight is 433 g/mol. The minimum atomic E-state index is -4.32. The van der Waals surface area contributed by atoms with Gasteiger partial charge in [0, 0.05) is 43.7 Å². The van der Waals surface area contributed by atoms with Crippen molar-refractivity contribution in [2.75, 3.05) is 38.2 Å². The number of thiazole rings is 1. The normalized spacial score (nSPS) is 15.4. The van der Waals surface area contributed by atoms with Gasteiger partial charge in [-0.25, -0.2) is 4.98 Å². The molecule has 0 aliphatic carbocycles. The Labute approximate surface area is 177 Å². The molecule has 1 aliphatic heterocycles. The Morgan fingerprint density at radius 3 is 2.37 bits per heavy atom. The van der Waals surface area contributed by atoms with Crippen molar-refractivity contribution in [3.05, 3.63) is 65.2 Å². The second-order valence-electron chi connectivity index (χ2n) is 7.15. The fourth-order valence-corrected chi connectivity index (χ4v) is 4.40. The van der Waals surface area contributed by atoms with Gasteiger partial charge in [-0.05, 0) is 24.3 Å². The van der Waals surface area contributed by atoms with Crippen molar-refractivity contribution in [3.63, 3.8) is 0 Å². The maximum atomic E-state index is 12.7. The zero-order valence-corrected chi connectivity index (χ0v) is 17.3. The second kappa shape index (κ2) is 8.65.